The minimum atomic E-state index is 0.502. The molecular weight excluding hydrogens is 278 g/mol. The molecule has 0 aliphatic carbocycles. The quantitative estimate of drug-likeness (QED) is 0.724. The van der Waals surface area contributed by atoms with Crippen molar-refractivity contribution in [3.63, 3.8) is 0 Å². The first kappa shape index (κ1) is 12.6. The van der Waals surface area contributed by atoms with Crippen molar-refractivity contribution in [1.29, 1.82) is 0 Å². The second-order valence-electron chi connectivity index (χ2n) is 4.43. The van der Waals surface area contributed by atoms with Gasteiger partial charge >= 0.3 is 0 Å². The van der Waals surface area contributed by atoms with E-state index in [-0.39, 0.29) is 0 Å². The number of halogens is 1. The third kappa shape index (κ3) is 2.01. The second kappa shape index (κ2) is 4.61. The summed E-state index contributed by atoms with van der Waals surface area (Å²) in [5.74, 6) is 0.547. The summed E-state index contributed by atoms with van der Waals surface area (Å²) in [5.41, 5.74) is 8.64. The van der Waals surface area contributed by atoms with Gasteiger partial charge in [0.25, 0.3) is 0 Å². The zero-order valence-electron chi connectivity index (χ0n) is 10.9. The lowest BCUT2D eigenvalue weighted by atomic mass is 10.2. The molecule has 0 fully saturated rings. The smallest absolute Gasteiger partial charge is 0.188 e. The summed E-state index contributed by atoms with van der Waals surface area (Å²) in [6.45, 7) is 1.89. The number of anilines is 1. The van der Waals surface area contributed by atoms with E-state index in [4.69, 9.17) is 17.3 Å². The van der Waals surface area contributed by atoms with Crippen molar-refractivity contribution >= 4 is 17.3 Å². The number of aryl methyl sites for hydroxylation is 2. The molecule has 1 aromatic carbocycles. The van der Waals surface area contributed by atoms with Gasteiger partial charge in [0.05, 0.1) is 16.9 Å². The zero-order valence-corrected chi connectivity index (χ0v) is 11.7. The molecule has 0 unspecified atom stereocenters. The van der Waals surface area contributed by atoms with Gasteiger partial charge in [-0.25, -0.2) is 0 Å². The molecule has 0 amide bonds. The summed E-state index contributed by atoms with van der Waals surface area (Å²) >= 11 is 6.22. The van der Waals surface area contributed by atoms with E-state index in [0.29, 0.717) is 22.1 Å². The van der Waals surface area contributed by atoms with Crippen LogP contribution in [0.5, 0.6) is 0 Å². The van der Waals surface area contributed by atoms with Crippen LogP contribution in [0.3, 0.4) is 0 Å². The van der Waals surface area contributed by atoms with Crippen molar-refractivity contribution in [2.75, 3.05) is 5.73 Å². The van der Waals surface area contributed by atoms with E-state index in [1.807, 2.05) is 20.2 Å². The van der Waals surface area contributed by atoms with Crippen molar-refractivity contribution in [3.05, 3.63) is 35.1 Å². The van der Waals surface area contributed by atoms with Gasteiger partial charge in [-0.1, -0.05) is 11.6 Å². The Morgan fingerprint density at radius 1 is 1.30 bits per heavy atom. The molecule has 2 N–H and O–H groups in total. The van der Waals surface area contributed by atoms with Gasteiger partial charge in [0.1, 0.15) is 5.69 Å². The van der Waals surface area contributed by atoms with E-state index >= 15 is 0 Å². The molecule has 3 aromatic rings. The van der Waals surface area contributed by atoms with Crippen molar-refractivity contribution in [2.45, 2.75) is 6.92 Å². The summed E-state index contributed by atoms with van der Waals surface area (Å²) in [4.78, 5) is 0. The van der Waals surface area contributed by atoms with E-state index in [9.17, 15) is 0 Å². The number of rotatable bonds is 2. The Labute approximate surface area is 120 Å². The van der Waals surface area contributed by atoms with Gasteiger partial charge in [-0.3, -0.25) is 4.68 Å². The minimum absolute atomic E-state index is 0.502. The zero-order chi connectivity index (χ0) is 14.3. The predicted molar refractivity (Wildman–Crippen MR) is 75.5 cm³/mol. The van der Waals surface area contributed by atoms with Crippen LogP contribution in [0, 0.1) is 6.92 Å². The summed E-state index contributed by atoms with van der Waals surface area (Å²) in [5, 5.41) is 16.6. The van der Waals surface area contributed by atoms with E-state index in [0.717, 1.165) is 11.4 Å². The fourth-order valence-corrected chi connectivity index (χ4v) is 2.30. The number of aromatic nitrogens is 6. The third-order valence-electron chi connectivity index (χ3n) is 2.92. The molecule has 0 aliphatic heterocycles. The molecule has 102 valence electrons. The molecule has 2 heterocycles. The largest absolute Gasteiger partial charge is 0.399 e. The second-order valence-corrected chi connectivity index (χ2v) is 4.83. The number of tetrazole rings is 1. The van der Waals surface area contributed by atoms with Crippen LogP contribution in [0.25, 0.3) is 17.1 Å². The molecule has 0 aliphatic rings. The standard InChI is InChI=1S/C12H12ClN7/c1-7-11(6-19(2)16-7)20-12(15-17-18-20)9-4-3-8(14)5-10(9)13/h3-6H,14H2,1-2H3. The maximum Gasteiger partial charge on any atom is 0.188 e. The molecule has 7 nitrogen and oxygen atoms in total. The van der Waals surface area contributed by atoms with Crippen LogP contribution in [0.1, 0.15) is 5.69 Å². The van der Waals surface area contributed by atoms with Crippen LogP contribution in [0.2, 0.25) is 5.02 Å². The summed E-state index contributed by atoms with van der Waals surface area (Å²) < 4.78 is 3.32. The molecule has 3 rings (SSSR count). The Morgan fingerprint density at radius 3 is 2.75 bits per heavy atom. The van der Waals surface area contributed by atoms with Crippen LogP contribution in [-0.2, 0) is 7.05 Å². The first-order valence-corrected chi connectivity index (χ1v) is 6.28. The molecule has 0 saturated heterocycles. The van der Waals surface area contributed by atoms with Crippen LogP contribution in [0.15, 0.2) is 24.4 Å². The van der Waals surface area contributed by atoms with Crippen molar-refractivity contribution in [3.8, 4) is 17.1 Å². The van der Waals surface area contributed by atoms with Gasteiger partial charge in [-0.05, 0) is 35.5 Å². The molecule has 0 saturated carbocycles. The number of hydrogen-bond acceptors (Lipinski definition) is 5. The van der Waals surface area contributed by atoms with Crippen LogP contribution in [0.4, 0.5) is 5.69 Å². The first-order valence-electron chi connectivity index (χ1n) is 5.90. The lowest BCUT2D eigenvalue weighted by Crippen LogP contribution is -2.01. The number of nitrogens with zero attached hydrogens (tertiary/aromatic N) is 6. The lowest BCUT2D eigenvalue weighted by Gasteiger charge is -2.05. The van der Waals surface area contributed by atoms with E-state index in [1.165, 1.54) is 0 Å². The third-order valence-corrected chi connectivity index (χ3v) is 3.23. The molecule has 0 spiro atoms. The molecule has 8 heteroatoms. The van der Waals surface area contributed by atoms with Crippen LogP contribution in [-0.4, -0.2) is 30.0 Å². The first-order chi connectivity index (χ1) is 9.56. The molecule has 0 bridgehead atoms. The van der Waals surface area contributed by atoms with Gasteiger partial charge in [0, 0.05) is 18.3 Å². The monoisotopic (exact) mass is 289 g/mol. The highest BCUT2D eigenvalue weighted by Gasteiger charge is 2.16. The van der Waals surface area contributed by atoms with Gasteiger partial charge in [-0.2, -0.15) is 9.78 Å². The van der Waals surface area contributed by atoms with Gasteiger partial charge in [-0.15, -0.1) is 5.10 Å². The Hall–Kier alpha value is -2.41. The Morgan fingerprint density at radius 2 is 2.10 bits per heavy atom. The molecular formula is C12H12ClN7. The van der Waals surface area contributed by atoms with Crippen molar-refractivity contribution in [2.24, 2.45) is 7.05 Å². The van der Waals surface area contributed by atoms with Gasteiger partial charge in [0.2, 0.25) is 0 Å². The number of nitrogen functional groups attached to an aromatic ring is 1. The van der Waals surface area contributed by atoms with Crippen LogP contribution >= 0.6 is 11.6 Å². The normalized spacial score (nSPS) is 10.9. The summed E-state index contributed by atoms with van der Waals surface area (Å²) in [6, 6.07) is 5.23. The van der Waals surface area contributed by atoms with Gasteiger partial charge in [0.15, 0.2) is 5.82 Å². The topological polar surface area (TPSA) is 87.4 Å². The molecule has 0 atom stereocenters. The van der Waals surface area contributed by atoms with Crippen molar-refractivity contribution < 1.29 is 0 Å². The van der Waals surface area contributed by atoms with E-state index in [1.54, 1.807) is 27.6 Å². The highest BCUT2D eigenvalue weighted by Crippen LogP contribution is 2.29. The maximum absolute atomic E-state index is 6.22. The van der Waals surface area contributed by atoms with E-state index < -0.39 is 0 Å². The number of hydrogen-bond donors (Lipinski definition) is 1. The van der Waals surface area contributed by atoms with Crippen molar-refractivity contribution in [1.82, 2.24) is 30.0 Å². The Balaban J connectivity index is 2.17. The predicted octanol–water partition coefficient (Wildman–Crippen LogP) is 1.61. The van der Waals surface area contributed by atoms with Crippen LogP contribution < -0.4 is 5.73 Å². The lowest BCUT2D eigenvalue weighted by molar-refractivity contribution is 0.755. The molecule has 20 heavy (non-hydrogen) atoms. The number of benzene rings is 1. The van der Waals surface area contributed by atoms with E-state index in [2.05, 4.69) is 20.6 Å². The maximum atomic E-state index is 6.22. The summed E-state index contributed by atoms with van der Waals surface area (Å²) in [7, 11) is 1.84. The molecule has 0 radical (unpaired) electrons. The van der Waals surface area contributed by atoms with Gasteiger partial charge < -0.3 is 5.73 Å². The number of nitrogens with two attached hydrogens (primary N) is 1. The fourth-order valence-electron chi connectivity index (χ4n) is 2.03. The molecule has 2 aromatic heterocycles. The SMILES string of the molecule is Cc1nn(C)cc1-n1nnnc1-c1ccc(N)cc1Cl. The fraction of sp³-hybridized carbons (Fsp3) is 0.167. The summed E-state index contributed by atoms with van der Waals surface area (Å²) in [6.07, 6.45) is 1.85. The Kier molecular flexibility index (Phi) is 2.90. The average Bonchev–Trinajstić information content (AvgIpc) is 2.95. The highest BCUT2D eigenvalue weighted by atomic mass is 35.5. The highest BCUT2D eigenvalue weighted by molar-refractivity contribution is 6.33. The average molecular weight is 290 g/mol. The minimum Gasteiger partial charge on any atom is -0.399 e. The Bertz CT molecular complexity index is 774.